The molecule has 0 aliphatic carbocycles. The fourth-order valence-electron chi connectivity index (χ4n) is 8.23. The first-order valence-corrected chi connectivity index (χ1v) is 24.4. The van der Waals surface area contributed by atoms with E-state index in [0.717, 1.165) is 72.5 Å². The van der Waals surface area contributed by atoms with Crippen LogP contribution in [0.15, 0.2) is 267 Å². The zero-order valence-electron chi connectivity index (χ0n) is 41.1. The maximum Gasteiger partial charge on any atom is 0.119 e. The molecule has 0 unspecified atom stereocenters. The Balaban J connectivity index is 1.01. The summed E-state index contributed by atoms with van der Waals surface area (Å²) in [5.41, 5.74) is 13.0. The number of ether oxygens (including phenoxy) is 4. The number of aryl methyl sites for hydroxylation is 1. The van der Waals surface area contributed by atoms with Crippen LogP contribution in [0.1, 0.15) is 50.1 Å². The van der Waals surface area contributed by atoms with Crippen LogP contribution in [0.2, 0.25) is 0 Å². The quantitative estimate of drug-likeness (QED) is 0.0674. The van der Waals surface area contributed by atoms with Crippen LogP contribution >= 0.6 is 0 Å². The fraction of sp³-hybridized carbons (Fsp3) is 0.0882. The summed E-state index contributed by atoms with van der Waals surface area (Å²) in [5, 5.41) is 0. The summed E-state index contributed by atoms with van der Waals surface area (Å²) in [5.74, 6) is 6.10. The molecule has 0 aliphatic heterocycles. The topological polar surface area (TPSA) is 49.3 Å². The Labute approximate surface area is 430 Å². The lowest BCUT2D eigenvalue weighted by molar-refractivity contribution is -0.00352. The van der Waals surface area contributed by atoms with Gasteiger partial charge in [0.05, 0.1) is 11.3 Å². The molecule has 0 aliphatic rings. The number of rotatable bonds is 21. The third-order valence-corrected chi connectivity index (χ3v) is 12.7. The van der Waals surface area contributed by atoms with E-state index in [2.05, 4.69) is 93.2 Å². The van der Waals surface area contributed by atoms with Crippen LogP contribution in [-0.2, 0) is 0 Å². The zero-order chi connectivity index (χ0) is 50.2. The van der Waals surface area contributed by atoms with E-state index in [1.807, 2.05) is 182 Å². The van der Waals surface area contributed by atoms with Crippen LogP contribution in [0, 0.1) is 12.3 Å². The van der Waals surface area contributed by atoms with Gasteiger partial charge >= 0.3 is 0 Å². The molecular weight excluding hydrogens is 895 g/mol. The highest BCUT2D eigenvalue weighted by Crippen LogP contribution is 2.32. The van der Waals surface area contributed by atoms with Crippen molar-refractivity contribution in [3.8, 4) is 23.0 Å². The highest BCUT2D eigenvalue weighted by atomic mass is 16.5. The average molecular weight is 952 g/mol. The molecule has 9 rings (SSSR count). The largest absolute Gasteiger partial charge is 0.493 e. The molecule has 0 N–H and O–H groups in total. The lowest BCUT2D eigenvalue weighted by Crippen LogP contribution is -2.45. The predicted octanol–water partition coefficient (Wildman–Crippen LogP) is 16.2. The van der Waals surface area contributed by atoms with Crippen molar-refractivity contribution in [2.75, 3.05) is 26.4 Å². The Morgan fingerprint density at radius 2 is 0.603 bits per heavy atom. The molecule has 0 amide bonds. The Morgan fingerprint density at radius 3 is 0.918 bits per heavy atom. The van der Waals surface area contributed by atoms with E-state index in [1.54, 1.807) is 0 Å². The van der Waals surface area contributed by atoms with Gasteiger partial charge in [0.25, 0.3) is 0 Å². The highest BCUT2D eigenvalue weighted by molar-refractivity contribution is 5.99. The number of aliphatic imine (C=N–C) groups is 1. The van der Waals surface area contributed by atoms with Crippen molar-refractivity contribution in [2.45, 2.75) is 6.92 Å². The molecule has 0 bridgehead atoms. The third kappa shape index (κ3) is 13.0. The molecule has 0 saturated carbocycles. The molecule has 0 heterocycles. The van der Waals surface area contributed by atoms with Crippen molar-refractivity contribution in [3.05, 3.63) is 312 Å². The van der Waals surface area contributed by atoms with Crippen LogP contribution < -0.4 is 18.9 Å². The molecule has 0 atom stereocenters. The SMILES string of the molecule is C=C(c1ccccc1)c1ccc(OCC(COc2ccc(C(=C)c3ccccc3)cc2)(COc2ccc(C(=C)c3ccccc3)cc2)COc2ccc(C(=C=Nc3ccc(C)cc3)c3ccccc3)cc2)cc1. The molecule has 5 nitrogen and oxygen atoms in total. The zero-order valence-corrected chi connectivity index (χ0v) is 41.1. The summed E-state index contributed by atoms with van der Waals surface area (Å²) in [6.45, 7) is 16.0. The maximum absolute atomic E-state index is 6.79. The number of nitrogens with zero attached hydrogens (tertiary/aromatic N) is 1. The van der Waals surface area contributed by atoms with Gasteiger partial charge in [-0.05, 0) is 147 Å². The van der Waals surface area contributed by atoms with E-state index < -0.39 is 5.41 Å². The van der Waals surface area contributed by atoms with Crippen LogP contribution in [0.4, 0.5) is 5.69 Å². The normalized spacial score (nSPS) is 10.9. The first-order chi connectivity index (χ1) is 35.8. The van der Waals surface area contributed by atoms with Crippen molar-refractivity contribution in [1.29, 1.82) is 0 Å². The lowest BCUT2D eigenvalue weighted by Gasteiger charge is -2.33. The molecule has 0 saturated heterocycles. The predicted molar refractivity (Wildman–Crippen MR) is 301 cm³/mol. The van der Waals surface area contributed by atoms with Gasteiger partial charge in [-0.15, -0.1) is 0 Å². The van der Waals surface area contributed by atoms with Gasteiger partial charge < -0.3 is 18.9 Å². The van der Waals surface area contributed by atoms with E-state index in [9.17, 15) is 0 Å². The summed E-state index contributed by atoms with van der Waals surface area (Å²) in [4.78, 5) is 4.74. The van der Waals surface area contributed by atoms with E-state index in [-0.39, 0.29) is 26.4 Å². The summed E-state index contributed by atoms with van der Waals surface area (Å²) in [6.07, 6.45) is 0. The van der Waals surface area contributed by atoms with Crippen LogP contribution in [0.25, 0.3) is 22.3 Å². The first-order valence-electron chi connectivity index (χ1n) is 24.4. The molecule has 5 heteroatoms. The Kier molecular flexibility index (Phi) is 15.8. The van der Waals surface area contributed by atoms with Gasteiger partial charge in [0, 0.05) is 0 Å². The highest BCUT2D eigenvalue weighted by Gasteiger charge is 2.36. The smallest absolute Gasteiger partial charge is 0.119 e. The fourth-order valence-corrected chi connectivity index (χ4v) is 8.23. The number of benzene rings is 9. The van der Waals surface area contributed by atoms with Gasteiger partial charge in [0.1, 0.15) is 54.8 Å². The van der Waals surface area contributed by atoms with Gasteiger partial charge in [-0.2, -0.15) is 0 Å². The van der Waals surface area contributed by atoms with E-state index in [1.165, 1.54) is 5.56 Å². The third-order valence-electron chi connectivity index (χ3n) is 12.7. The second kappa shape index (κ2) is 23.6. The molecular formula is C68H57NO4. The molecule has 9 aromatic rings. The van der Waals surface area contributed by atoms with Crippen LogP contribution in [-0.4, -0.2) is 32.3 Å². The molecule has 358 valence electrons. The van der Waals surface area contributed by atoms with Gasteiger partial charge in [-0.3, -0.25) is 0 Å². The summed E-state index contributed by atoms with van der Waals surface area (Å²) >= 11 is 0. The van der Waals surface area contributed by atoms with E-state index in [4.69, 9.17) is 23.9 Å². The minimum Gasteiger partial charge on any atom is -0.493 e. The molecule has 73 heavy (non-hydrogen) atoms. The monoisotopic (exact) mass is 951 g/mol. The lowest BCUT2D eigenvalue weighted by atomic mass is 9.91. The molecule has 0 spiro atoms. The summed E-state index contributed by atoms with van der Waals surface area (Å²) in [7, 11) is 0. The molecule has 0 fully saturated rings. The Bertz CT molecular complexity index is 3070. The molecule has 0 radical (unpaired) electrons. The van der Waals surface area contributed by atoms with Crippen molar-refractivity contribution in [2.24, 2.45) is 10.4 Å². The van der Waals surface area contributed by atoms with Crippen LogP contribution in [0.5, 0.6) is 23.0 Å². The maximum atomic E-state index is 6.79. The Morgan fingerprint density at radius 1 is 0.342 bits per heavy atom. The van der Waals surface area contributed by atoms with Gasteiger partial charge in [0.15, 0.2) is 0 Å². The van der Waals surface area contributed by atoms with Gasteiger partial charge in [-0.25, -0.2) is 4.99 Å². The standard InChI is InChI=1S/C68H57NO4/c1-50-25-35-62(36-26-50)69-45-67(60-23-15-8-16-24-60)61-33-43-66(44-34-61)73-49-68(46-70-63-37-27-57(28-38-63)51(2)54-17-9-5-10-18-54,47-71-64-39-29-58(30-40-64)52(3)55-19-11-6-12-20-55)48-72-65-41-31-59(32-42-65)53(4)56-21-13-7-14-22-56/h5-44H,2-4,46-49H2,1H3. The second-order valence-corrected chi connectivity index (χ2v) is 18.1. The summed E-state index contributed by atoms with van der Waals surface area (Å²) in [6, 6.07) is 81.0. The first kappa shape index (κ1) is 48.9. The number of hydrogen-bond acceptors (Lipinski definition) is 5. The summed E-state index contributed by atoms with van der Waals surface area (Å²) < 4.78 is 27.0. The minimum absolute atomic E-state index is 0.192. The molecule has 9 aromatic carbocycles. The van der Waals surface area contributed by atoms with Crippen molar-refractivity contribution in [3.63, 3.8) is 0 Å². The van der Waals surface area contributed by atoms with Gasteiger partial charge in [0.2, 0.25) is 0 Å². The van der Waals surface area contributed by atoms with E-state index in [0.29, 0.717) is 23.0 Å². The minimum atomic E-state index is -0.848. The van der Waals surface area contributed by atoms with E-state index >= 15 is 0 Å². The number of hydrogen-bond donors (Lipinski definition) is 0. The van der Waals surface area contributed by atoms with Crippen molar-refractivity contribution < 1.29 is 18.9 Å². The second-order valence-electron chi connectivity index (χ2n) is 18.1. The average Bonchev–Trinajstić information content (AvgIpc) is 3.46. The van der Waals surface area contributed by atoms with Crippen molar-refractivity contribution in [1.82, 2.24) is 0 Å². The Hall–Kier alpha value is -9.15. The molecule has 0 aromatic heterocycles. The van der Waals surface area contributed by atoms with Crippen LogP contribution in [0.3, 0.4) is 0 Å². The van der Waals surface area contributed by atoms with Gasteiger partial charge in [-0.1, -0.05) is 195 Å². The van der Waals surface area contributed by atoms with Crippen molar-refractivity contribution >= 4 is 33.8 Å².